The van der Waals surface area contributed by atoms with Crippen LogP contribution in [0.15, 0.2) is 64.3 Å². The van der Waals surface area contributed by atoms with Crippen molar-refractivity contribution in [2.24, 2.45) is 0 Å². The number of hydrogen-bond donors (Lipinski definition) is 0. The van der Waals surface area contributed by atoms with Crippen molar-refractivity contribution in [3.63, 3.8) is 0 Å². The van der Waals surface area contributed by atoms with Gasteiger partial charge in [0.15, 0.2) is 0 Å². The molecule has 0 radical (unpaired) electrons. The van der Waals surface area contributed by atoms with Gasteiger partial charge in [-0.2, -0.15) is 0 Å². The second-order valence-electron chi connectivity index (χ2n) is 6.16. The molecule has 0 bridgehead atoms. The predicted octanol–water partition coefficient (Wildman–Crippen LogP) is 4.89. The van der Waals surface area contributed by atoms with E-state index in [4.69, 9.17) is 4.74 Å². The smallest absolute Gasteiger partial charge is 0.254 e. The van der Waals surface area contributed by atoms with E-state index in [0.717, 1.165) is 33.2 Å². The summed E-state index contributed by atoms with van der Waals surface area (Å²) in [6.45, 7) is 3.01. The average Bonchev–Trinajstić information content (AvgIpc) is 3.19. The molecule has 3 aromatic rings. The third-order valence-corrected chi connectivity index (χ3v) is 5.75. The second kappa shape index (κ2) is 9.58. The number of nitrogens with zero attached hydrogens (tertiary/aromatic N) is 2. The number of aromatic nitrogens is 1. The Labute approximate surface area is 168 Å². The highest BCUT2D eigenvalue weighted by molar-refractivity contribution is 7.98. The lowest BCUT2D eigenvalue weighted by molar-refractivity contribution is 0.0770. The van der Waals surface area contributed by atoms with E-state index in [9.17, 15) is 4.79 Å². The third-order valence-electron chi connectivity index (χ3n) is 4.01. The molecule has 140 valence electrons. The van der Waals surface area contributed by atoms with Crippen molar-refractivity contribution in [1.29, 1.82) is 0 Å². The monoisotopic (exact) mass is 398 g/mol. The Bertz CT molecular complexity index is 881. The van der Waals surface area contributed by atoms with Crippen LogP contribution >= 0.6 is 23.1 Å². The molecule has 2 aromatic carbocycles. The molecule has 27 heavy (non-hydrogen) atoms. The first-order chi connectivity index (χ1) is 13.1. The number of amides is 1. The van der Waals surface area contributed by atoms with Gasteiger partial charge in [0.1, 0.15) is 12.4 Å². The van der Waals surface area contributed by atoms with Crippen LogP contribution in [0.3, 0.4) is 0 Å². The van der Waals surface area contributed by atoms with Gasteiger partial charge < -0.3 is 9.64 Å². The zero-order valence-electron chi connectivity index (χ0n) is 15.4. The fourth-order valence-corrected chi connectivity index (χ4v) is 4.15. The normalized spacial score (nSPS) is 10.6. The molecule has 0 unspecified atom stereocenters. The minimum absolute atomic E-state index is 0.00391. The summed E-state index contributed by atoms with van der Waals surface area (Å²) in [6.07, 6.45) is 0. The lowest BCUT2D eigenvalue weighted by atomic mass is 10.2. The van der Waals surface area contributed by atoms with Crippen molar-refractivity contribution in [3.05, 3.63) is 76.2 Å². The molecule has 0 aliphatic carbocycles. The highest BCUT2D eigenvalue weighted by atomic mass is 32.2. The molecule has 6 heteroatoms. The number of thiazole rings is 1. The van der Waals surface area contributed by atoms with E-state index in [1.165, 1.54) is 0 Å². The second-order valence-corrected chi connectivity index (χ2v) is 7.89. The molecule has 0 saturated carbocycles. The van der Waals surface area contributed by atoms with Crippen LogP contribution in [0.5, 0.6) is 5.75 Å². The van der Waals surface area contributed by atoms with Crippen molar-refractivity contribution in [2.75, 3.05) is 20.2 Å². The van der Waals surface area contributed by atoms with Crippen molar-refractivity contribution in [3.8, 4) is 5.75 Å². The summed E-state index contributed by atoms with van der Waals surface area (Å²) in [5.41, 5.74) is 4.74. The maximum Gasteiger partial charge on any atom is 0.254 e. The molecule has 0 spiro atoms. The van der Waals surface area contributed by atoms with E-state index >= 15 is 0 Å². The largest absolute Gasteiger partial charge is 0.492 e. The summed E-state index contributed by atoms with van der Waals surface area (Å²) in [5.74, 6) is 1.59. The van der Waals surface area contributed by atoms with Crippen molar-refractivity contribution in [1.82, 2.24) is 9.88 Å². The lowest BCUT2D eigenvalue weighted by Crippen LogP contribution is -2.31. The van der Waals surface area contributed by atoms with Gasteiger partial charge in [-0.05, 0) is 36.8 Å². The van der Waals surface area contributed by atoms with Gasteiger partial charge in [0.05, 0.1) is 23.3 Å². The molecule has 1 heterocycles. The number of likely N-dealkylation sites (N-methyl/N-ethyl adjacent to an activating group) is 1. The predicted molar refractivity (Wildman–Crippen MR) is 112 cm³/mol. The van der Waals surface area contributed by atoms with Gasteiger partial charge in [-0.3, -0.25) is 4.79 Å². The van der Waals surface area contributed by atoms with Gasteiger partial charge in [0.25, 0.3) is 5.91 Å². The Balaban J connectivity index is 1.57. The fourth-order valence-electron chi connectivity index (χ4n) is 2.54. The van der Waals surface area contributed by atoms with Crippen molar-refractivity contribution >= 4 is 29.0 Å². The van der Waals surface area contributed by atoms with Gasteiger partial charge >= 0.3 is 0 Å². The Morgan fingerprint density at radius 3 is 2.85 bits per heavy atom. The number of carbonyl (C=O) groups is 1. The minimum Gasteiger partial charge on any atom is -0.492 e. The Morgan fingerprint density at radius 1 is 1.22 bits per heavy atom. The molecule has 0 saturated heterocycles. The molecular formula is C21H22N2O2S2. The summed E-state index contributed by atoms with van der Waals surface area (Å²) in [5, 5.41) is 2.03. The number of aryl methyl sites for hydroxylation is 1. The van der Waals surface area contributed by atoms with Crippen LogP contribution in [0.4, 0.5) is 0 Å². The van der Waals surface area contributed by atoms with Crippen LogP contribution in [0.2, 0.25) is 0 Å². The maximum absolute atomic E-state index is 12.9. The molecule has 1 aromatic heterocycles. The number of benzene rings is 2. The molecule has 1 amide bonds. The van der Waals surface area contributed by atoms with Crippen LogP contribution in [0.25, 0.3) is 0 Å². The topological polar surface area (TPSA) is 42.4 Å². The standard InChI is InChI=1S/C21H22N2O2S2/c1-16-6-5-7-18(12-16)25-11-10-23(2)21(24)19-8-3-4-9-20(19)27-14-17-13-26-15-22-17/h3-9,12-13,15H,10-11,14H2,1-2H3. The summed E-state index contributed by atoms with van der Waals surface area (Å²) >= 11 is 3.22. The fraction of sp³-hybridized carbons (Fsp3) is 0.238. The molecule has 0 N–H and O–H groups in total. The van der Waals surface area contributed by atoms with Crippen LogP contribution in [0, 0.1) is 6.92 Å². The highest BCUT2D eigenvalue weighted by Crippen LogP contribution is 2.27. The Hall–Kier alpha value is -2.31. The summed E-state index contributed by atoms with van der Waals surface area (Å²) in [4.78, 5) is 19.8. The molecule has 0 atom stereocenters. The Kier molecular flexibility index (Phi) is 6.90. The molecule has 0 aliphatic heterocycles. The first-order valence-corrected chi connectivity index (χ1v) is 10.6. The number of ether oxygens (including phenoxy) is 1. The first kappa shape index (κ1) is 19.5. The Morgan fingerprint density at radius 2 is 2.07 bits per heavy atom. The third kappa shape index (κ3) is 5.58. The summed E-state index contributed by atoms with van der Waals surface area (Å²) in [6, 6.07) is 15.6. The van der Waals surface area contributed by atoms with Crippen LogP contribution in [-0.2, 0) is 5.75 Å². The summed E-state index contributed by atoms with van der Waals surface area (Å²) in [7, 11) is 1.81. The van der Waals surface area contributed by atoms with E-state index in [1.54, 1.807) is 28.0 Å². The molecule has 0 aliphatic rings. The van der Waals surface area contributed by atoms with Crippen molar-refractivity contribution < 1.29 is 9.53 Å². The van der Waals surface area contributed by atoms with E-state index in [0.29, 0.717) is 13.2 Å². The average molecular weight is 399 g/mol. The maximum atomic E-state index is 12.9. The number of hydrogen-bond acceptors (Lipinski definition) is 5. The zero-order valence-corrected chi connectivity index (χ0v) is 17.1. The first-order valence-electron chi connectivity index (χ1n) is 8.67. The van der Waals surface area contributed by atoms with Gasteiger partial charge in [-0.15, -0.1) is 23.1 Å². The SMILES string of the molecule is Cc1cccc(OCCN(C)C(=O)c2ccccc2SCc2cscn2)c1. The van der Waals surface area contributed by atoms with E-state index < -0.39 is 0 Å². The lowest BCUT2D eigenvalue weighted by Gasteiger charge is -2.19. The van der Waals surface area contributed by atoms with E-state index in [2.05, 4.69) is 4.98 Å². The molecule has 3 rings (SSSR count). The molecule has 0 fully saturated rings. The molecule has 4 nitrogen and oxygen atoms in total. The van der Waals surface area contributed by atoms with Crippen LogP contribution in [-0.4, -0.2) is 36.0 Å². The summed E-state index contributed by atoms with van der Waals surface area (Å²) < 4.78 is 5.76. The van der Waals surface area contributed by atoms with E-state index in [-0.39, 0.29) is 5.91 Å². The van der Waals surface area contributed by atoms with Gasteiger partial charge in [-0.1, -0.05) is 24.3 Å². The zero-order chi connectivity index (χ0) is 19.1. The van der Waals surface area contributed by atoms with E-state index in [1.807, 2.05) is 73.4 Å². The molecular weight excluding hydrogens is 376 g/mol. The van der Waals surface area contributed by atoms with Crippen LogP contribution < -0.4 is 4.74 Å². The van der Waals surface area contributed by atoms with Gasteiger partial charge in [-0.25, -0.2) is 4.98 Å². The van der Waals surface area contributed by atoms with Crippen molar-refractivity contribution in [2.45, 2.75) is 17.6 Å². The minimum atomic E-state index is 0.00391. The number of rotatable bonds is 8. The quantitative estimate of drug-likeness (QED) is 0.507. The van der Waals surface area contributed by atoms with Gasteiger partial charge in [0.2, 0.25) is 0 Å². The highest BCUT2D eigenvalue weighted by Gasteiger charge is 2.16. The van der Waals surface area contributed by atoms with Crippen LogP contribution in [0.1, 0.15) is 21.6 Å². The van der Waals surface area contributed by atoms with Gasteiger partial charge in [0, 0.05) is 23.1 Å². The number of thioether (sulfide) groups is 1. The number of carbonyl (C=O) groups excluding carboxylic acids is 1.